The molecular weight excluding hydrogens is 247 g/mol. The second-order valence-electron chi connectivity index (χ2n) is 4.28. The molecule has 1 aromatic heterocycles. The lowest BCUT2D eigenvalue weighted by Crippen LogP contribution is -2.17. The first-order valence-corrected chi connectivity index (χ1v) is 5.75. The number of pyridine rings is 1. The first-order valence-electron chi connectivity index (χ1n) is 5.75. The van der Waals surface area contributed by atoms with Gasteiger partial charge in [-0.25, -0.2) is 4.98 Å². The standard InChI is InChI=1S/C12H14F3NO2/c1-8-5-9(12(13,14)15)6-11(16-8)18-7-10-3-2-4-17-10/h5-6,10H,2-4,7H2,1H3. The van der Waals surface area contributed by atoms with Crippen LogP contribution < -0.4 is 4.74 Å². The maximum absolute atomic E-state index is 12.6. The monoisotopic (exact) mass is 261 g/mol. The summed E-state index contributed by atoms with van der Waals surface area (Å²) in [6.07, 6.45) is -2.59. The van der Waals surface area contributed by atoms with Gasteiger partial charge >= 0.3 is 6.18 Å². The molecule has 18 heavy (non-hydrogen) atoms. The van der Waals surface area contributed by atoms with Crippen molar-refractivity contribution in [2.45, 2.75) is 32.0 Å². The Morgan fingerprint density at radius 1 is 1.44 bits per heavy atom. The quantitative estimate of drug-likeness (QED) is 0.838. The summed E-state index contributed by atoms with van der Waals surface area (Å²) >= 11 is 0. The van der Waals surface area contributed by atoms with Crippen molar-refractivity contribution in [3.05, 3.63) is 23.4 Å². The van der Waals surface area contributed by atoms with Crippen LogP contribution in [0.3, 0.4) is 0 Å². The molecule has 6 heteroatoms. The molecule has 1 saturated heterocycles. The van der Waals surface area contributed by atoms with Crippen LogP contribution >= 0.6 is 0 Å². The molecule has 1 aliphatic heterocycles. The van der Waals surface area contributed by atoms with Gasteiger partial charge in [-0.3, -0.25) is 0 Å². The minimum atomic E-state index is -4.38. The average molecular weight is 261 g/mol. The molecule has 0 bridgehead atoms. The first-order chi connectivity index (χ1) is 8.45. The highest BCUT2D eigenvalue weighted by Gasteiger charge is 2.31. The molecule has 1 unspecified atom stereocenters. The summed E-state index contributed by atoms with van der Waals surface area (Å²) in [6, 6.07) is 1.92. The van der Waals surface area contributed by atoms with E-state index in [-0.39, 0.29) is 24.3 Å². The van der Waals surface area contributed by atoms with Crippen molar-refractivity contribution in [1.82, 2.24) is 4.98 Å². The fourth-order valence-corrected chi connectivity index (χ4v) is 1.83. The molecule has 1 atom stereocenters. The Morgan fingerprint density at radius 2 is 2.22 bits per heavy atom. The highest BCUT2D eigenvalue weighted by Crippen LogP contribution is 2.31. The Bertz CT molecular complexity index is 414. The highest BCUT2D eigenvalue weighted by molar-refractivity contribution is 5.26. The van der Waals surface area contributed by atoms with Crippen LogP contribution in [0.5, 0.6) is 5.88 Å². The van der Waals surface area contributed by atoms with Crippen LogP contribution in [0.1, 0.15) is 24.1 Å². The summed E-state index contributed by atoms with van der Waals surface area (Å²) in [5.41, 5.74) is -0.454. The molecule has 0 radical (unpaired) electrons. The third-order valence-corrected chi connectivity index (χ3v) is 2.70. The van der Waals surface area contributed by atoms with E-state index in [1.165, 1.54) is 6.92 Å². The van der Waals surface area contributed by atoms with Crippen molar-refractivity contribution in [1.29, 1.82) is 0 Å². The predicted octanol–water partition coefficient (Wildman–Crippen LogP) is 2.97. The Kier molecular flexibility index (Phi) is 3.75. The van der Waals surface area contributed by atoms with E-state index in [0.29, 0.717) is 6.61 Å². The van der Waals surface area contributed by atoms with Gasteiger partial charge in [0.2, 0.25) is 5.88 Å². The molecule has 0 spiro atoms. The molecule has 1 aliphatic rings. The van der Waals surface area contributed by atoms with Gasteiger partial charge in [0.25, 0.3) is 0 Å². The highest BCUT2D eigenvalue weighted by atomic mass is 19.4. The lowest BCUT2D eigenvalue weighted by Gasteiger charge is -2.13. The summed E-state index contributed by atoms with van der Waals surface area (Å²) in [6.45, 7) is 2.44. The van der Waals surface area contributed by atoms with Crippen LogP contribution in [-0.4, -0.2) is 24.3 Å². The maximum atomic E-state index is 12.6. The van der Waals surface area contributed by atoms with E-state index in [1.807, 2.05) is 0 Å². The number of rotatable bonds is 3. The van der Waals surface area contributed by atoms with Gasteiger partial charge in [0.1, 0.15) is 6.61 Å². The number of ether oxygens (including phenoxy) is 2. The average Bonchev–Trinajstić information content (AvgIpc) is 2.77. The van der Waals surface area contributed by atoms with E-state index >= 15 is 0 Å². The zero-order valence-corrected chi connectivity index (χ0v) is 9.96. The number of aryl methyl sites for hydroxylation is 1. The molecule has 1 fully saturated rings. The predicted molar refractivity (Wildman–Crippen MR) is 58.4 cm³/mol. The van der Waals surface area contributed by atoms with E-state index in [1.54, 1.807) is 0 Å². The van der Waals surface area contributed by atoms with Gasteiger partial charge in [0.15, 0.2) is 0 Å². The van der Waals surface area contributed by atoms with E-state index < -0.39 is 11.7 Å². The molecule has 3 nitrogen and oxygen atoms in total. The molecule has 2 heterocycles. The van der Waals surface area contributed by atoms with Gasteiger partial charge in [-0.05, 0) is 25.8 Å². The van der Waals surface area contributed by atoms with Crippen molar-refractivity contribution >= 4 is 0 Å². The van der Waals surface area contributed by atoms with E-state index in [2.05, 4.69) is 4.98 Å². The maximum Gasteiger partial charge on any atom is 0.416 e. The molecule has 100 valence electrons. The van der Waals surface area contributed by atoms with Crippen LogP contribution in [0.2, 0.25) is 0 Å². The van der Waals surface area contributed by atoms with Gasteiger partial charge in [-0.2, -0.15) is 13.2 Å². The second kappa shape index (κ2) is 5.14. The van der Waals surface area contributed by atoms with Crippen LogP contribution in [-0.2, 0) is 10.9 Å². The van der Waals surface area contributed by atoms with Crippen LogP contribution in [0.25, 0.3) is 0 Å². The molecular formula is C12H14F3NO2. The number of hydrogen-bond donors (Lipinski definition) is 0. The lowest BCUT2D eigenvalue weighted by atomic mass is 10.2. The molecule has 0 aliphatic carbocycles. The van der Waals surface area contributed by atoms with Crippen molar-refractivity contribution in [2.75, 3.05) is 13.2 Å². The number of nitrogens with zero attached hydrogens (tertiary/aromatic N) is 1. The molecule has 0 N–H and O–H groups in total. The van der Waals surface area contributed by atoms with Crippen LogP contribution in [0, 0.1) is 6.92 Å². The molecule has 0 amide bonds. The summed E-state index contributed by atoms with van der Waals surface area (Å²) < 4.78 is 48.3. The SMILES string of the molecule is Cc1cc(C(F)(F)F)cc(OCC2CCCO2)n1. The third kappa shape index (κ3) is 3.35. The van der Waals surface area contributed by atoms with Crippen molar-refractivity contribution in [2.24, 2.45) is 0 Å². The lowest BCUT2D eigenvalue weighted by molar-refractivity contribution is -0.137. The van der Waals surface area contributed by atoms with Gasteiger partial charge in [0.05, 0.1) is 11.7 Å². The minimum absolute atomic E-state index is 0.00201. The minimum Gasteiger partial charge on any atom is -0.475 e. The topological polar surface area (TPSA) is 31.4 Å². The van der Waals surface area contributed by atoms with E-state index in [9.17, 15) is 13.2 Å². The Morgan fingerprint density at radius 3 is 2.83 bits per heavy atom. The number of aromatic nitrogens is 1. The van der Waals surface area contributed by atoms with Gasteiger partial charge in [-0.1, -0.05) is 0 Å². The van der Waals surface area contributed by atoms with Gasteiger partial charge in [-0.15, -0.1) is 0 Å². The number of halogens is 3. The summed E-state index contributed by atoms with van der Waals surface area (Å²) in [4.78, 5) is 3.93. The molecule has 2 rings (SSSR count). The smallest absolute Gasteiger partial charge is 0.416 e. The third-order valence-electron chi connectivity index (χ3n) is 2.70. The van der Waals surface area contributed by atoms with Crippen molar-refractivity contribution in [3.63, 3.8) is 0 Å². The second-order valence-corrected chi connectivity index (χ2v) is 4.28. The normalized spacial score (nSPS) is 20.1. The van der Waals surface area contributed by atoms with Crippen molar-refractivity contribution < 1.29 is 22.6 Å². The van der Waals surface area contributed by atoms with E-state index in [4.69, 9.17) is 9.47 Å². The summed E-state index contributed by atoms with van der Waals surface area (Å²) in [7, 11) is 0. The fraction of sp³-hybridized carbons (Fsp3) is 0.583. The van der Waals surface area contributed by atoms with Crippen molar-refractivity contribution in [3.8, 4) is 5.88 Å². The Balaban J connectivity index is 2.05. The van der Waals surface area contributed by atoms with Crippen LogP contribution in [0.4, 0.5) is 13.2 Å². The molecule has 0 saturated carbocycles. The fourth-order valence-electron chi connectivity index (χ4n) is 1.83. The van der Waals surface area contributed by atoms with Crippen LogP contribution in [0.15, 0.2) is 12.1 Å². The molecule has 1 aromatic rings. The largest absolute Gasteiger partial charge is 0.475 e. The summed E-state index contributed by atoms with van der Waals surface area (Å²) in [5.74, 6) is -0.00201. The van der Waals surface area contributed by atoms with E-state index in [0.717, 1.165) is 25.0 Å². The van der Waals surface area contributed by atoms with Gasteiger partial charge in [0, 0.05) is 18.4 Å². The number of alkyl halides is 3. The zero-order chi connectivity index (χ0) is 13.2. The van der Waals surface area contributed by atoms with Gasteiger partial charge < -0.3 is 9.47 Å². The number of hydrogen-bond acceptors (Lipinski definition) is 3. The zero-order valence-electron chi connectivity index (χ0n) is 9.96. The Labute approximate surface area is 103 Å². The Hall–Kier alpha value is -1.30. The summed E-state index contributed by atoms with van der Waals surface area (Å²) in [5, 5.41) is 0. The first kappa shape index (κ1) is 13.1. The molecule has 0 aromatic carbocycles.